The predicted octanol–water partition coefficient (Wildman–Crippen LogP) is 2.03. The molecule has 6 heteroatoms. The van der Waals surface area contributed by atoms with Crippen molar-refractivity contribution in [3.63, 3.8) is 0 Å². The fourth-order valence-electron chi connectivity index (χ4n) is 2.29. The maximum absolute atomic E-state index is 11.4. The Hall–Kier alpha value is -2.60. The first-order valence-electron chi connectivity index (χ1n) is 6.39. The van der Waals surface area contributed by atoms with Gasteiger partial charge in [-0.2, -0.15) is 5.10 Å². The predicted molar refractivity (Wildman–Crippen MR) is 74.8 cm³/mol. The highest BCUT2D eigenvalue weighted by Gasteiger charge is 2.22. The summed E-state index contributed by atoms with van der Waals surface area (Å²) in [5, 5.41) is 15.6. The Labute approximate surface area is 120 Å². The number of furan rings is 1. The lowest BCUT2D eigenvalue weighted by molar-refractivity contribution is 0.0557. The minimum atomic E-state index is -1.05. The first kappa shape index (κ1) is 13.4. The van der Waals surface area contributed by atoms with Crippen LogP contribution in [0.3, 0.4) is 0 Å². The summed E-state index contributed by atoms with van der Waals surface area (Å²) < 4.78 is 11.6. The molecular weight excluding hydrogens is 272 g/mol. The molecule has 1 N–H and O–H groups in total. The number of aromatic nitrogens is 2. The lowest BCUT2D eigenvalue weighted by Crippen LogP contribution is -2.02. The van der Waals surface area contributed by atoms with Gasteiger partial charge in [-0.05, 0) is 18.2 Å². The van der Waals surface area contributed by atoms with Gasteiger partial charge in [-0.15, -0.1) is 0 Å². The molecule has 0 aliphatic carbocycles. The highest BCUT2D eigenvalue weighted by Crippen LogP contribution is 2.29. The van der Waals surface area contributed by atoms with E-state index < -0.39 is 12.1 Å². The van der Waals surface area contributed by atoms with Crippen LogP contribution >= 0.6 is 0 Å². The van der Waals surface area contributed by atoms with Gasteiger partial charge in [0.2, 0.25) is 5.76 Å². The molecule has 0 aliphatic heterocycles. The first-order valence-corrected chi connectivity index (χ1v) is 6.39. The summed E-state index contributed by atoms with van der Waals surface area (Å²) in [7, 11) is 3.08. The standard InChI is InChI=1S/C15H14N2O4/c1-17-10-6-4-3-5-9(10)13(16-17)14(18)11-7-8-12(21-11)15(19)20-2/h3-8,14,18H,1-2H3. The molecule has 0 fully saturated rings. The van der Waals surface area contributed by atoms with E-state index in [2.05, 4.69) is 9.84 Å². The lowest BCUT2D eigenvalue weighted by Gasteiger charge is -2.04. The highest BCUT2D eigenvalue weighted by atomic mass is 16.5. The minimum absolute atomic E-state index is 0.0480. The molecule has 21 heavy (non-hydrogen) atoms. The minimum Gasteiger partial charge on any atom is -0.463 e. The van der Waals surface area contributed by atoms with Crippen LogP contribution in [0.2, 0.25) is 0 Å². The van der Waals surface area contributed by atoms with Crippen LogP contribution < -0.4 is 0 Å². The second-order valence-electron chi connectivity index (χ2n) is 4.62. The molecule has 0 spiro atoms. The zero-order chi connectivity index (χ0) is 15.0. The Morgan fingerprint density at radius 3 is 2.86 bits per heavy atom. The van der Waals surface area contributed by atoms with Gasteiger partial charge >= 0.3 is 5.97 Å². The summed E-state index contributed by atoms with van der Waals surface area (Å²) in [6.45, 7) is 0. The van der Waals surface area contributed by atoms with Crippen molar-refractivity contribution in [1.29, 1.82) is 0 Å². The van der Waals surface area contributed by atoms with E-state index in [4.69, 9.17) is 4.42 Å². The lowest BCUT2D eigenvalue weighted by atomic mass is 10.1. The molecule has 2 aromatic heterocycles. The average Bonchev–Trinajstić information content (AvgIpc) is 3.12. The third-order valence-corrected chi connectivity index (χ3v) is 3.33. The third kappa shape index (κ3) is 2.19. The number of benzene rings is 1. The molecule has 0 amide bonds. The smallest absolute Gasteiger partial charge is 0.373 e. The topological polar surface area (TPSA) is 77.5 Å². The number of hydrogen-bond donors (Lipinski definition) is 1. The van der Waals surface area contributed by atoms with Crippen molar-refractivity contribution in [2.45, 2.75) is 6.10 Å². The van der Waals surface area contributed by atoms with Crippen LogP contribution in [0.5, 0.6) is 0 Å². The molecule has 108 valence electrons. The molecule has 0 saturated carbocycles. The number of aliphatic hydroxyl groups is 1. The molecular formula is C15H14N2O4. The molecule has 3 aromatic rings. The largest absolute Gasteiger partial charge is 0.463 e. The molecule has 0 radical (unpaired) electrons. The van der Waals surface area contributed by atoms with Gasteiger partial charge in [-0.25, -0.2) is 4.79 Å². The van der Waals surface area contributed by atoms with Gasteiger partial charge in [-0.3, -0.25) is 4.68 Å². The number of fused-ring (bicyclic) bond motifs is 1. The van der Waals surface area contributed by atoms with Crippen molar-refractivity contribution in [3.05, 3.63) is 53.6 Å². The van der Waals surface area contributed by atoms with Gasteiger partial charge < -0.3 is 14.3 Å². The number of rotatable bonds is 3. The number of para-hydroxylation sites is 1. The SMILES string of the molecule is COC(=O)c1ccc(C(O)c2nn(C)c3ccccc23)o1. The summed E-state index contributed by atoms with van der Waals surface area (Å²) in [6.07, 6.45) is -1.05. The molecule has 1 atom stereocenters. The summed E-state index contributed by atoms with van der Waals surface area (Å²) >= 11 is 0. The number of ether oxygens (including phenoxy) is 1. The number of carbonyl (C=O) groups is 1. The fraction of sp³-hybridized carbons (Fsp3) is 0.200. The van der Waals surface area contributed by atoms with Crippen LogP contribution in [0.1, 0.15) is 28.1 Å². The normalized spacial score (nSPS) is 12.5. The van der Waals surface area contributed by atoms with Crippen LogP contribution in [0, 0.1) is 0 Å². The summed E-state index contributed by atoms with van der Waals surface area (Å²) in [4.78, 5) is 11.4. The zero-order valence-electron chi connectivity index (χ0n) is 11.6. The number of aliphatic hydroxyl groups excluding tert-OH is 1. The van der Waals surface area contributed by atoms with E-state index in [0.717, 1.165) is 10.9 Å². The number of nitrogens with zero attached hydrogens (tertiary/aromatic N) is 2. The van der Waals surface area contributed by atoms with Gasteiger partial charge in [0.1, 0.15) is 11.5 Å². The van der Waals surface area contributed by atoms with Crippen molar-refractivity contribution in [1.82, 2.24) is 9.78 Å². The summed E-state index contributed by atoms with van der Waals surface area (Å²) in [6, 6.07) is 10.6. The van der Waals surface area contributed by atoms with Crippen molar-refractivity contribution in [2.24, 2.45) is 7.05 Å². The van der Waals surface area contributed by atoms with Crippen molar-refractivity contribution in [2.75, 3.05) is 7.11 Å². The van der Waals surface area contributed by atoms with Crippen LogP contribution in [0.25, 0.3) is 10.9 Å². The van der Waals surface area contributed by atoms with Crippen LogP contribution in [0.4, 0.5) is 0 Å². The first-order chi connectivity index (χ1) is 10.1. The van der Waals surface area contributed by atoms with Crippen LogP contribution in [0.15, 0.2) is 40.8 Å². The molecule has 1 unspecified atom stereocenters. The summed E-state index contributed by atoms with van der Waals surface area (Å²) in [5.41, 5.74) is 1.39. The molecule has 0 saturated heterocycles. The van der Waals surface area contributed by atoms with Gasteiger partial charge in [0.15, 0.2) is 6.10 Å². The van der Waals surface area contributed by atoms with E-state index >= 15 is 0 Å². The van der Waals surface area contributed by atoms with Crippen LogP contribution in [-0.2, 0) is 11.8 Å². The molecule has 0 aliphatic rings. The molecule has 1 aromatic carbocycles. The maximum atomic E-state index is 11.4. The van der Waals surface area contributed by atoms with E-state index in [1.54, 1.807) is 17.8 Å². The number of methoxy groups -OCH3 is 1. The van der Waals surface area contributed by atoms with E-state index in [0.29, 0.717) is 5.69 Å². The summed E-state index contributed by atoms with van der Waals surface area (Å²) in [5.74, 6) is -0.287. The Kier molecular flexibility index (Phi) is 3.23. The third-order valence-electron chi connectivity index (χ3n) is 3.33. The van der Waals surface area contributed by atoms with Gasteiger partial charge in [0.25, 0.3) is 0 Å². The van der Waals surface area contributed by atoms with Crippen LogP contribution in [-0.4, -0.2) is 28.0 Å². The van der Waals surface area contributed by atoms with E-state index in [1.165, 1.54) is 13.2 Å². The van der Waals surface area contributed by atoms with E-state index in [-0.39, 0.29) is 11.5 Å². The monoisotopic (exact) mass is 286 g/mol. The van der Waals surface area contributed by atoms with Gasteiger partial charge in [0.05, 0.1) is 12.6 Å². The Morgan fingerprint density at radius 2 is 2.10 bits per heavy atom. The zero-order valence-corrected chi connectivity index (χ0v) is 11.6. The molecule has 3 rings (SSSR count). The quantitative estimate of drug-likeness (QED) is 0.745. The Balaban J connectivity index is 2.02. The fourth-order valence-corrected chi connectivity index (χ4v) is 2.29. The van der Waals surface area contributed by atoms with Gasteiger partial charge in [0, 0.05) is 12.4 Å². The second kappa shape index (κ2) is 5.06. The number of aryl methyl sites for hydroxylation is 1. The van der Waals surface area contributed by atoms with Crippen molar-refractivity contribution < 1.29 is 19.1 Å². The second-order valence-corrected chi connectivity index (χ2v) is 4.62. The number of esters is 1. The van der Waals surface area contributed by atoms with Crippen molar-refractivity contribution in [3.8, 4) is 0 Å². The molecule has 0 bridgehead atoms. The highest BCUT2D eigenvalue weighted by molar-refractivity contribution is 5.86. The van der Waals surface area contributed by atoms with Crippen molar-refractivity contribution >= 4 is 16.9 Å². The Bertz CT molecular complexity index is 803. The van der Waals surface area contributed by atoms with E-state index in [1.807, 2.05) is 24.3 Å². The molecule has 6 nitrogen and oxygen atoms in total. The maximum Gasteiger partial charge on any atom is 0.373 e. The van der Waals surface area contributed by atoms with E-state index in [9.17, 15) is 9.90 Å². The average molecular weight is 286 g/mol. The number of hydrogen-bond acceptors (Lipinski definition) is 5. The number of carbonyl (C=O) groups excluding carboxylic acids is 1. The Morgan fingerprint density at radius 1 is 1.33 bits per heavy atom. The van der Waals surface area contributed by atoms with Gasteiger partial charge in [-0.1, -0.05) is 18.2 Å². The molecule has 2 heterocycles.